The molecule has 1 saturated carbocycles. The second kappa shape index (κ2) is 6.25. The van der Waals surface area contributed by atoms with Crippen LogP contribution >= 0.6 is 11.3 Å². The lowest BCUT2D eigenvalue weighted by Crippen LogP contribution is -2.42. The topological polar surface area (TPSA) is 93.1 Å². The summed E-state index contributed by atoms with van der Waals surface area (Å²) in [7, 11) is 0. The number of rotatable bonds is 3. The van der Waals surface area contributed by atoms with Gasteiger partial charge in [-0.2, -0.15) is 0 Å². The number of aromatic nitrogens is 2. The van der Waals surface area contributed by atoms with Crippen molar-refractivity contribution in [2.75, 3.05) is 0 Å². The standard InChI is InChI=1S/C17H20N4O3S/c1-9-2-5-11-12(6-9)25-15-14(11)16(23)21(8-18-15)7-13(22)20-17(24)19-10-3-4-10/h8-10H,2-7H2,1H3,(H2,19,20,22,24)/t9-/m1/s1. The molecule has 132 valence electrons. The quantitative estimate of drug-likeness (QED) is 0.869. The molecule has 1 atom stereocenters. The van der Waals surface area contributed by atoms with E-state index in [4.69, 9.17) is 0 Å². The lowest BCUT2D eigenvalue weighted by atomic mass is 9.89. The van der Waals surface area contributed by atoms with Crippen molar-refractivity contribution in [1.82, 2.24) is 20.2 Å². The second-order valence-corrected chi connectivity index (χ2v) is 8.09. The Balaban J connectivity index is 1.55. The van der Waals surface area contributed by atoms with Crippen molar-refractivity contribution >= 4 is 33.5 Å². The van der Waals surface area contributed by atoms with E-state index >= 15 is 0 Å². The van der Waals surface area contributed by atoms with E-state index in [1.54, 1.807) is 11.3 Å². The molecular weight excluding hydrogens is 340 g/mol. The van der Waals surface area contributed by atoms with Crippen LogP contribution in [0.3, 0.4) is 0 Å². The fourth-order valence-corrected chi connectivity index (χ4v) is 4.59. The monoisotopic (exact) mass is 360 g/mol. The number of thiophene rings is 1. The number of hydrogen-bond donors (Lipinski definition) is 2. The number of fused-ring (bicyclic) bond motifs is 3. The molecular formula is C17H20N4O3S. The predicted octanol–water partition coefficient (Wildman–Crippen LogP) is 1.57. The summed E-state index contributed by atoms with van der Waals surface area (Å²) in [6.45, 7) is 2.01. The van der Waals surface area contributed by atoms with E-state index in [0.717, 1.165) is 42.5 Å². The highest BCUT2D eigenvalue weighted by atomic mass is 32.1. The molecule has 2 aliphatic rings. The average molecular weight is 360 g/mol. The number of hydrogen-bond acceptors (Lipinski definition) is 5. The summed E-state index contributed by atoms with van der Waals surface area (Å²) in [5.41, 5.74) is 0.895. The summed E-state index contributed by atoms with van der Waals surface area (Å²) in [6, 6.07) is -0.329. The normalized spacial score (nSPS) is 19.5. The predicted molar refractivity (Wildman–Crippen MR) is 94.8 cm³/mol. The minimum Gasteiger partial charge on any atom is -0.335 e. The van der Waals surface area contributed by atoms with Crippen LogP contribution in [0.25, 0.3) is 10.2 Å². The van der Waals surface area contributed by atoms with Crippen LogP contribution in [0.4, 0.5) is 4.79 Å². The molecule has 1 fully saturated rings. The zero-order valence-electron chi connectivity index (χ0n) is 14.0. The van der Waals surface area contributed by atoms with Gasteiger partial charge in [-0.1, -0.05) is 6.92 Å². The second-order valence-electron chi connectivity index (χ2n) is 7.01. The number of nitrogens with zero attached hydrogens (tertiary/aromatic N) is 2. The average Bonchev–Trinajstić information content (AvgIpc) is 3.27. The number of imide groups is 1. The largest absolute Gasteiger partial charge is 0.335 e. The molecule has 0 spiro atoms. The molecule has 25 heavy (non-hydrogen) atoms. The number of aryl methyl sites for hydroxylation is 1. The summed E-state index contributed by atoms with van der Waals surface area (Å²) in [6.07, 6.45) is 6.22. The molecule has 0 bridgehead atoms. The Morgan fingerprint density at radius 3 is 2.92 bits per heavy atom. The molecule has 0 radical (unpaired) electrons. The molecule has 2 heterocycles. The van der Waals surface area contributed by atoms with Crippen molar-refractivity contribution in [3.05, 3.63) is 27.1 Å². The lowest BCUT2D eigenvalue weighted by molar-refractivity contribution is -0.120. The van der Waals surface area contributed by atoms with Crippen molar-refractivity contribution in [2.24, 2.45) is 5.92 Å². The van der Waals surface area contributed by atoms with Gasteiger partial charge in [0.05, 0.1) is 11.7 Å². The van der Waals surface area contributed by atoms with E-state index in [-0.39, 0.29) is 18.1 Å². The van der Waals surface area contributed by atoms with Gasteiger partial charge in [-0.3, -0.25) is 19.5 Å². The zero-order valence-corrected chi connectivity index (χ0v) is 14.8. The lowest BCUT2D eigenvalue weighted by Gasteiger charge is -2.17. The van der Waals surface area contributed by atoms with Crippen LogP contribution in [-0.4, -0.2) is 27.5 Å². The number of carbonyl (C=O) groups is 2. The van der Waals surface area contributed by atoms with Gasteiger partial charge in [0.1, 0.15) is 11.4 Å². The fraction of sp³-hybridized carbons (Fsp3) is 0.529. The van der Waals surface area contributed by atoms with Gasteiger partial charge in [-0.15, -0.1) is 11.3 Å². The van der Waals surface area contributed by atoms with Crippen LogP contribution in [0.5, 0.6) is 0 Å². The van der Waals surface area contributed by atoms with Crippen LogP contribution in [0.1, 0.15) is 36.6 Å². The van der Waals surface area contributed by atoms with E-state index in [0.29, 0.717) is 11.3 Å². The molecule has 2 N–H and O–H groups in total. The van der Waals surface area contributed by atoms with Crippen LogP contribution in [0.15, 0.2) is 11.1 Å². The molecule has 2 aromatic rings. The van der Waals surface area contributed by atoms with Gasteiger partial charge in [0, 0.05) is 10.9 Å². The highest BCUT2D eigenvalue weighted by molar-refractivity contribution is 7.18. The number of amides is 3. The molecule has 0 unspecified atom stereocenters. The first-order valence-electron chi connectivity index (χ1n) is 8.61. The van der Waals surface area contributed by atoms with Gasteiger partial charge in [0.25, 0.3) is 5.56 Å². The van der Waals surface area contributed by atoms with Crippen molar-refractivity contribution in [3.8, 4) is 0 Å². The van der Waals surface area contributed by atoms with Crippen molar-refractivity contribution < 1.29 is 9.59 Å². The van der Waals surface area contributed by atoms with E-state index in [2.05, 4.69) is 22.5 Å². The fourth-order valence-electron chi connectivity index (χ4n) is 3.25. The summed E-state index contributed by atoms with van der Waals surface area (Å²) in [5.74, 6) is 0.109. The van der Waals surface area contributed by atoms with E-state index in [1.165, 1.54) is 15.8 Å². The minimum absolute atomic E-state index is 0.174. The first kappa shape index (κ1) is 16.3. The molecule has 2 aliphatic carbocycles. The summed E-state index contributed by atoms with van der Waals surface area (Å²) >= 11 is 1.58. The molecule has 4 rings (SSSR count). The van der Waals surface area contributed by atoms with Crippen LogP contribution in [0.2, 0.25) is 0 Å². The molecule has 8 heteroatoms. The van der Waals surface area contributed by atoms with E-state index in [1.807, 2.05) is 0 Å². The maximum atomic E-state index is 12.8. The highest BCUT2D eigenvalue weighted by Gasteiger charge is 2.25. The smallest absolute Gasteiger partial charge is 0.321 e. The van der Waals surface area contributed by atoms with Gasteiger partial charge in [-0.25, -0.2) is 9.78 Å². The third kappa shape index (κ3) is 3.30. The number of nitrogens with one attached hydrogen (secondary N) is 2. The Bertz CT molecular complexity index is 912. The van der Waals surface area contributed by atoms with Gasteiger partial charge in [0.15, 0.2) is 0 Å². The Kier molecular flexibility index (Phi) is 4.07. The maximum Gasteiger partial charge on any atom is 0.321 e. The summed E-state index contributed by atoms with van der Waals surface area (Å²) < 4.78 is 1.28. The Morgan fingerprint density at radius 2 is 2.16 bits per heavy atom. The number of urea groups is 1. The first-order chi connectivity index (χ1) is 12.0. The highest BCUT2D eigenvalue weighted by Crippen LogP contribution is 2.35. The summed E-state index contributed by atoms with van der Waals surface area (Å²) in [5, 5.41) is 5.59. The Morgan fingerprint density at radius 1 is 1.36 bits per heavy atom. The van der Waals surface area contributed by atoms with Gasteiger partial charge in [0.2, 0.25) is 5.91 Å². The SMILES string of the molecule is C[C@@H]1CCc2c(sc3ncn(CC(=O)NC(=O)NC4CC4)c(=O)c23)C1. The maximum absolute atomic E-state index is 12.8. The zero-order chi connectivity index (χ0) is 17.6. The van der Waals surface area contributed by atoms with E-state index in [9.17, 15) is 14.4 Å². The summed E-state index contributed by atoms with van der Waals surface area (Å²) in [4.78, 5) is 42.8. The molecule has 0 saturated heterocycles. The Hall–Kier alpha value is -2.22. The number of carbonyl (C=O) groups excluding carboxylic acids is 2. The van der Waals surface area contributed by atoms with Gasteiger partial charge in [-0.05, 0) is 43.6 Å². The van der Waals surface area contributed by atoms with Crippen molar-refractivity contribution in [2.45, 2.75) is 51.6 Å². The first-order valence-corrected chi connectivity index (χ1v) is 9.43. The van der Waals surface area contributed by atoms with Crippen molar-refractivity contribution in [3.63, 3.8) is 0 Å². The minimum atomic E-state index is -0.515. The Labute approximate surface area is 148 Å². The van der Waals surface area contributed by atoms with Crippen molar-refractivity contribution in [1.29, 1.82) is 0 Å². The molecule has 0 aromatic carbocycles. The molecule has 7 nitrogen and oxygen atoms in total. The van der Waals surface area contributed by atoms with Crippen LogP contribution < -0.4 is 16.2 Å². The molecule has 3 amide bonds. The van der Waals surface area contributed by atoms with Crippen LogP contribution in [-0.2, 0) is 24.2 Å². The molecule has 0 aliphatic heterocycles. The third-order valence-corrected chi connectivity index (χ3v) is 5.92. The van der Waals surface area contributed by atoms with Gasteiger partial charge < -0.3 is 5.32 Å². The van der Waals surface area contributed by atoms with E-state index < -0.39 is 11.9 Å². The molecule has 2 aromatic heterocycles. The van der Waals surface area contributed by atoms with Gasteiger partial charge >= 0.3 is 6.03 Å². The van der Waals surface area contributed by atoms with Crippen LogP contribution in [0, 0.1) is 5.92 Å². The third-order valence-electron chi connectivity index (χ3n) is 4.76.